The fourth-order valence-electron chi connectivity index (χ4n) is 5.79. The van der Waals surface area contributed by atoms with Gasteiger partial charge in [-0.2, -0.15) is 10.1 Å². The van der Waals surface area contributed by atoms with Crippen molar-refractivity contribution in [1.82, 2.24) is 15.4 Å². The summed E-state index contributed by atoms with van der Waals surface area (Å²) >= 11 is 0. The molecule has 0 aromatic heterocycles. The molecule has 0 aliphatic carbocycles. The summed E-state index contributed by atoms with van der Waals surface area (Å²) < 4.78 is 0. The molecule has 0 unspecified atom stereocenters. The zero-order valence-corrected chi connectivity index (χ0v) is 18.4. The van der Waals surface area contributed by atoms with E-state index in [0.717, 1.165) is 32.2 Å². The molecular formula is C21H43N3O2. The highest BCUT2D eigenvalue weighted by Crippen LogP contribution is 2.41. The van der Waals surface area contributed by atoms with Gasteiger partial charge >= 0.3 is 0 Å². The molecule has 2 saturated heterocycles. The summed E-state index contributed by atoms with van der Waals surface area (Å²) in [5.74, 6) is 0.664. The topological polar surface area (TPSA) is 59.0 Å². The third-order valence-electron chi connectivity index (χ3n) is 6.58. The standard InChI is InChI=1S/C21H43N3O2/c1-18(2)12-16(13-19(3,4)23(18)25)10-9-11-22-17-14-20(5,6)24(26)21(7,8)15-17/h16-17,22,25-26H,9-15H2,1-8H3. The van der Waals surface area contributed by atoms with Gasteiger partial charge in [0.15, 0.2) is 0 Å². The Kier molecular flexibility index (Phi) is 6.22. The first-order valence-electron chi connectivity index (χ1n) is 10.4. The van der Waals surface area contributed by atoms with Crippen molar-refractivity contribution in [3.05, 3.63) is 0 Å². The van der Waals surface area contributed by atoms with Crippen molar-refractivity contribution in [1.29, 1.82) is 0 Å². The Morgan fingerprint density at radius 3 is 1.54 bits per heavy atom. The van der Waals surface area contributed by atoms with Gasteiger partial charge in [-0.05, 0) is 106 Å². The van der Waals surface area contributed by atoms with Crippen LogP contribution in [0.4, 0.5) is 0 Å². The largest absolute Gasteiger partial charge is 0.314 e. The van der Waals surface area contributed by atoms with Gasteiger partial charge in [0, 0.05) is 28.2 Å². The second-order valence-corrected chi connectivity index (χ2v) is 11.3. The minimum absolute atomic E-state index is 0.151. The van der Waals surface area contributed by atoms with Gasteiger partial charge in [-0.15, -0.1) is 0 Å². The van der Waals surface area contributed by atoms with Crippen LogP contribution in [0.1, 0.15) is 93.9 Å². The van der Waals surface area contributed by atoms with E-state index in [0.29, 0.717) is 12.0 Å². The van der Waals surface area contributed by atoms with Crippen molar-refractivity contribution < 1.29 is 10.4 Å². The zero-order valence-electron chi connectivity index (χ0n) is 18.4. The van der Waals surface area contributed by atoms with E-state index >= 15 is 0 Å². The molecule has 0 aromatic rings. The summed E-state index contributed by atoms with van der Waals surface area (Å²) in [5, 5.41) is 27.7. The zero-order chi connectivity index (χ0) is 20.0. The average Bonchev–Trinajstić information content (AvgIpc) is 2.45. The van der Waals surface area contributed by atoms with E-state index in [2.05, 4.69) is 60.7 Å². The number of piperidine rings is 2. The van der Waals surface area contributed by atoms with Crippen LogP contribution in [-0.4, -0.2) is 55.3 Å². The predicted molar refractivity (Wildman–Crippen MR) is 107 cm³/mol. The molecule has 2 fully saturated rings. The summed E-state index contributed by atoms with van der Waals surface area (Å²) in [6.07, 6.45) is 6.42. The summed E-state index contributed by atoms with van der Waals surface area (Å²) in [6.45, 7) is 18.1. The quantitative estimate of drug-likeness (QED) is 0.626. The van der Waals surface area contributed by atoms with Crippen LogP contribution in [0.3, 0.4) is 0 Å². The number of hydrogen-bond donors (Lipinski definition) is 3. The van der Waals surface area contributed by atoms with E-state index in [4.69, 9.17) is 0 Å². The van der Waals surface area contributed by atoms with Crippen LogP contribution in [0.5, 0.6) is 0 Å². The molecule has 5 nitrogen and oxygen atoms in total. The van der Waals surface area contributed by atoms with E-state index in [1.54, 1.807) is 10.1 Å². The van der Waals surface area contributed by atoms with Gasteiger partial charge in [-0.25, -0.2) is 0 Å². The van der Waals surface area contributed by atoms with Gasteiger partial charge < -0.3 is 15.7 Å². The molecule has 0 amide bonds. The molecule has 2 aliphatic heterocycles. The van der Waals surface area contributed by atoms with Crippen LogP contribution in [0.25, 0.3) is 0 Å². The Morgan fingerprint density at radius 1 is 0.731 bits per heavy atom. The minimum atomic E-state index is -0.193. The molecule has 0 aromatic carbocycles. The van der Waals surface area contributed by atoms with Gasteiger partial charge in [0.25, 0.3) is 0 Å². The summed E-state index contributed by atoms with van der Waals surface area (Å²) in [5.41, 5.74) is -0.688. The molecule has 0 spiro atoms. The van der Waals surface area contributed by atoms with Crippen LogP contribution in [0.15, 0.2) is 0 Å². The fraction of sp³-hybridized carbons (Fsp3) is 1.00. The Labute approximate surface area is 161 Å². The molecular weight excluding hydrogens is 326 g/mol. The van der Waals surface area contributed by atoms with E-state index < -0.39 is 0 Å². The third-order valence-corrected chi connectivity index (χ3v) is 6.58. The van der Waals surface area contributed by atoms with Crippen molar-refractivity contribution in [2.24, 2.45) is 5.92 Å². The lowest BCUT2D eigenvalue weighted by atomic mass is 9.74. The minimum Gasteiger partial charge on any atom is -0.314 e. The molecule has 0 saturated carbocycles. The third kappa shape index (κ3) is 4.79. The van der Waals surface area contributed by atoms with Crippen molar-refractivity contribution in [3.63, 3.8) is 0 Å². The summed E-state index contributed by atoms with van der Waals surface area (Å²) in [4.78, 5) is 0. The Balaban J connectivity index is 1.80. The highest BCUT2D eigenvalue weighted by Gasteiger charge is 2.46. The maximum atomic E-state index is 10.4. The number of hydroxylamine groups is 4. The molecule has 2 rings (SSSR count). The smallest absolute Gasteiger partial charge is 0.0425 e. The van der Waals surface area contributed by atoms with Crippen LogP contribution < -0.4 is 5.32 Å². The molecule has 2 heterocycles. The predicted octanol–water partition coefficient (Wildman–Crippen LogP) is 4.43. The molecule has 26 heavy (non-hydrogen) atoms. The van der Waals surface area contributed by atoms with E-state index in [1.165, 1.54) is 12.8 Å². The molecule has 0 bridgehead atoms. The lowest BCUT2D eigenvalue weighted by Gasteiger charge is -2.52. The monoisotopic (exact) mass is 369 g/mol. The van der Waals surface area contributed by atoms with Gasteiger partial charge in [0.2, 0.25) is 0 Å². The molecule has 0 radical (unpaired) electrons. The number of hydrogen-bond acceptors (Lipinski definition) is 5. The average molecular weight is 370 g/mol. The number of nitrogens with one attached hydrogen (secondary N) is 1. The first-order valence-corrected chi connectivity index (χ1v) is 10.4. The van der Waals surface area contributed by atoms with Gasteiger partial charge in [-0.1, -0.05) is 0 Å². The Hall–Kier alpha value is -0.200. The normalized spacial score (nSPS) is 29.8. The Morgan fingerprint density at radius 2 is 1.12 bits per heavy atom. The SMILES string of the molecule is CC1(C)CC(CCCNC2CC(C)(C)N(O)C(C)(C)C2)CC(C)(C)N1O. The molecule has 0 atom stereocenters. The van der Waals surface area contributed by atoms with Crippen LogP contribution in [0.2, 0.25) is 0 Å². The number of nitrogens with zero attached hydrogens (tertiary/aromatic N) is 2. The number of rotatable bonds is 5. The molecule has 154 valence electrons. The first kappa shape index (κ1) is 22.1. The van der Waals surface area contributed by atoms with E-state index in [1.807, 2.05) is 0 Å². The molecule has 2 aliphatic rings. The molecule has 5 heteroatoms. The van der Waals surface area contributed by atoms with Crippen molar-refractivity contribution in [2.75, 3.05) is 6.54 Å². The second kappa shape index (κ2) is 7.32. The van der Waals surface area contributed by atoms with E-state index in [9.17, 15) is 10.4 Å². The van der Waals surface area contributed by atoms with Gasteiger partial charge in [0.1, 0.15) is 0 Å². The maximum absolute atomic E-state index is 10.4. The molecule has 3 N–H and O–H groups in total. The van der Waals surface area contributed by atoms with Crippen molar-refractivity contribution in [3.8, 4) is 0 Å². The fourth-order valence-corrected chi connectivity index (χ4v) is 5.79. The van der Waals surface area contributed by atoms with Crippen LogP contribution in [-0.2, 0) is 0 Å². The van der Waals surface area contributed by atoms with Gasteiger partial charge in [0.05, 0.1) is 0 Å². The van der Waals surface area contributed by atoms with Crippen molar-refractivity contribution >= 4 is 0 Å². The first-order chi connectivity index (χ1) is 11.7. The maximum Gasteiger partial charge on any atom is 0.0425 e. The summed E-state index contributed by atoms with van der Waals surface area (Å²) in [6, 6.07) is 0.454. The van der Waals surface area contributed by atoms with Crippen LogP contribution >= 0.6 is 0 Å². The second-order valence-electron chi connectivity index (χ2n) is 11.3. The Bertz CT molecular complexity index is 408. The highest BCUT2D eigenvalue weighted by molar-refractivity contribution is 4.99. The summed E-state index contributed by atoms with van der Waals surface area (Å²) in [7, 11) is 0. The van der Waals surface area contributed by atoms with E-state index in [-0.39, 0.29) is 22.2 Å². The highest BCUT2D eigenvalue weighted by atomic mass is 16.5. The van der Waals surface area contributed by atoms with Crippen LogP contribution in [0, 0.1) is 5.92 Å². The van der Waals surface area contributed by atoms with Gasteiger partial charge in [-0.3, -0.25) is 0 Å². The van der Waals surface area contributed by atoms with Crippen molar-refractivity contribution in [2.45, 2.75) is 122 Å². The lowest BCUT2D eigenvalue weighted by Crippen LogP contribution is -2.62. The lowest BCUT2D eigenvalue weighted by molar-refractivity contribution is -0.251.